The van der Waals surface area contributed by atoms with Crippen LogP contribution < -0.4 is 5.73 Å². The Morgan fingerprint density at radius 3 is 2.68 bits per heavy atom. The molecule has 0 aromatic heterocycles. The van der Waals surface area contributed by atoms with Gasteiger partial charge in [-0.25, -0.2) is 0 Å². The van der Waals surface area contributed by atoms with Crippen molar-refractivity contribution in [3.63, 3.8) is 0 Å². The maximum Gasteiger partial charge on any atom is 0.0463 e. The van der Waals surface area contributed by atoms with Gasteiger partial charge in [0.05, 0.1) is 0 Å². The predicted molar refractivity (Wildman–Crippen MR) is 86.9 cm³/mol. The Balaban J connectivity index is 2.10. The van der Waals surface area contributed by atoms with Gasteiger partial charge >= 0.3 is 0 Å². The van der Waals surface area contributed by atoms with Crippen LogP contribution in [0.1, 0.15) is 50.3 Å². The minimum absolute atomic E-state index is 0.127. The molecule has 0 heterocycles. The fourth-order valence-electron chi connectivity index (χ4n) is 2.90. The highest BCUT2D eigenvalue weighted by atomic mass is 35.5. The normalized spacial score (nSPS) is 26.9. The second kappa shape index (κ2) is 7.01. The summed E-state index contributed by atoms with van der Waals surface area (Å²) in [5.74, 6) is 0.853. The third-order valence-corrected chi connectivity index (χ3v) is 6.05. The topological polar surface area (TPSA) is 26.0 Å². The first-order valence-corrected chi connectivity index (χ1v) is 8.55. The molecular formula is C16H24ClNS. The SMILES string of the molecule is CC1CCCC(SC(c2ccccc2Cl)C(C)N)C1. The summed E-state index contributed by atoms with van der Waals surface area (Å²) in [6.07, 6.45) is 5.38. The molecular weight excluding hydrogens is 274 g/mol. The highest BCUT2D eigenvalue weighted by molar-refractivity contribution is 8.00. The van der Waals surface area contributed by atoms with Gasteiger partial charge in [-0.2, -0.15) is 0 Å². The zero-order valence-electron chi connectivity index (χ0n) is 11.8. The van der Waals surface area contributed by atoms with E-state index in [2.05, 4.69) is 26.0 Å². The summed E-state index contributed by atoms with van der Waals surface area (Å²) < 4.78 is 0. The molecule has 3 heteroatoms. The van der Waals surface area contributed by atoms with E-state index in [4.69, 9.17) is 17.3 Å². The third kappa shape index (κ3) is 4.14. The number of rotatable bonds is 4. The highest BCUT2D eigenvalue weighted by Crippen LogP contribution is 2.43. The lowest BCUT2D eigenvalue weighted by molar-refractivity contribution is 0.393. The van der Waals surface area contributed by atoms with Crippen LogP contribution >= 0.6 is 23.4 Å². The maximum absolute atomic E-state index is 6.34. The van der Waals surface area contributed by atoms with E-state index in [1.54, 1.807) is 0 Å². The lowest BCUT2D eigenvalue weighted by atomic mass is 9.90. The molecule has 19 heavy (non-hydrogen) atoms. The Morgan fingerprint density at radius 1 is 1.32 bits per heavy atom. The molecule has 2 N–H and O–H groups in total. The Morgan fingerprint density at radius 2 is 2.05 bits per heavy atom. The van der Waals surface area contributed by atoms with E-state index in [0.29, 0.717) is 5.25 Å². The summed E-state index contributed by atoms with van der Waals surface area (Å²) >= 11 is 8.38. The van der Waals surface area contributed by atoms with E-state index in [0.717, 1.165) is 16.2 Å². The molecule has 1 nitrogen and oxygen atoms in total. The number of halogens is 1. The van der Waals surface area contributed by atoms with E-state index in [-0.39, 0.29) is 6.04 Å². The van der Waals surface area contributed by atoms with Crippen molar-refractivity contribution >= 4 is 23.4 Å². The smallest absolute Gasteiger partial charge is 0.0463 e. The van der Waals surface area contributed by atoms with Gasteiger partial charge in [0.1, 0.15) is 0 Å². The first-order chi connectivity index (χ1) is 9.08. The van der Waals surface area contributed by atoms with E-state index in [9.17, 15) is 0 Å². The van der Waals surface area contributed by atoms with Gasteiger partial charge in [-0.15, -0.1) is 11.8 Å². The minimum Gasteiger partial charge on any atom is -0.327 e. The van der Waals surface area contributed by atoms with Crippen molar-refractivity contribution in [1.29, 1.82) is 0 Å². The molecule has 106 valence electrons. The molecule has 0 saturated heterocycles. The van der Waals surface area contributed by atoms with Crippen LogP contribution in [0.15, 0.2) is 24.3 Å². The van der Waals surface area contributed by atoms with E-state index in [1.165, 1.54) is 31.2 Å². The summed E-state index contributed by atoms with van der Waals surface area (Å²) in [7, 11) is 0. The van der Waals surface area contributed by atoms with Crippen LogP contribution in [0.5, 0.6) is 0 Å². The Kier molecular flexibility index (Phi) is 5.61. The quantitative estimate of drug-likeness (QED) is 0.842. The molecule has 1 aliphatic carbocycles. The first-order valence-electron chi connectivity index (χ1n) is 7.23. The van der Waals surface area contributed by atoms with Gasteiger partial charge in [-0.3, -0.25) is 0 Å². The van der Waals surface area contributed by atoms with Crippen LogP contribution in [0.25, 0.3) is 0 Å². The van der Waals surface area contributed by atoms with Gasteiger partial charge in [0.2, 0.25) is 0 Å². The van der Waals surface area contributed by atoms with Gasteiger partial charge in [-0.05, 0) is 37.3 Å². The number of thioether (sulfide) groups is 1. The maximum atomic E-state index is 6.34. The molecule has 1 aromatic rings. The van der Waals surface area contributed by atoms with Gasteiger partial charge in [-0.1, -0.05) is 49.6 Å². The Bertz CT molecular complexity index is 407. The molecule has 1 saturated carbocycles. The predicted octanol–water partition coefficient (Wildman–Crippen LogP) is 5.04. The van der Waals surface area contributed by atoms with Crippen molar-refractivity contribution in [3.05, 3.63) is 34.9 Å². The van der Waals surface area contributed by atoms with Crippen LogP contribution in [-0.2, 0) is 0 Å². The standard InChI is InChI=1S/C16H24ClNS/c1-11-6-5-7-13(10-11)19-16(12(2)18)14-8-3-4-9-15(14)17/h3-4,8-9,11-13,16H,5-7,10,18H2,1-2H3. The molecule has 2 rings (SSSR count). The van der Waals surface area contributed by atoms with Crippen molar-refractivity contribution in [2.75, 3.05) is 0 Å². The zero-order valence-corrected chi connectivity index (χ0v) is 13.4. The number of hydrogen-bond donors (Lipinski definition) is 1. The van der Waals surface area contributed by atoms with Gasteiger partial charge in [0.15, 0.2) is 0 Å². The molecule has 0 spiro atoms. The Labute approximate surface area is 126 Å². The highest BCUT2D eigenvalue weighted by Gasteiger charge is 2.26. The second-order valence-electron chi connectivity index (χ2n) is 5.83. The number of hydrogen-bond acceptors (Lipinski definition) is 2. The van der Waals surface area contributed by atoms with Gasteiger partial charge in [0.25, 0.3) is 0 Å². The summed E-state index contributed by atoms with van der Waals surface area (Å²) in [6.45, 7) is 4.45. The van der Waals surface area contributed by atoms with Crippen LogP contribution in [0.4, 0.5) is 0 Å². The fraction of sp³-hybridized carbons (Fsp3) is 0.625. The number of nitrogens with two attached hydrogens (primary N) is 1. The van der Waals surface area contributed by atoms with E-state index >= 15 is 0 Å². The first kappa shape index (κ1) is 15.2. The minimum atomic E-state index is 0.127. The molecule has 1 aliphatic rings. The second-order valence-corrected chi connectivity index (χ2v) is 7.68. The van der Waals surface area contributed by atoms with Crippen molar-refractivity contribution in [2.45, 2.75) is 56.1 Å². The van der Waals surface area contributed by atoms with E-state index < -0.39 is 0 Å². The van der Waals surface area contributed by atoms with Crippen LogP contribution in [-0.4, -0.2) is 11.3 Å². The van der Waals surface area contributed by atoms with E-state index in [1.807, 2.05) is 23.9 Å². The lowest BCUT2D eigenvalue weighted by Gasteiger charge is -2.31. The van der Waals surface area contributed by atoms with Crippen molar-refractivity contribution in [3.8, 4) is 0 Å². The monoisotopic (exact) mass is 297 g/mol. The fourth-order valence-corrected chi connectivity index (χ4v) is 4.97. The van der Waals surface area contributed by atoms with Crippen molar-refractivity contribution in [1.82, 2.24) is 0 Å². The molecule has 0 amide bonds. The summed E-state index contributed by atoms with van der Waals surface area (Å²) in [6, 6.07) is 8.26. The largest absolute Gasteiger partial charge is 0.327 e. The molecule has 0 bridgehead atoms. The molecule has 4 unspecified atom stereocenters. The average molecular weight is 298 g/mol. The van der Waals surface area contributed by atoms with Gasteiger partial charge < -0.3 is 5.73 Å². The third-order valence-electron chi connectivity index (χ3n) is 3.92. The Hall–Kier alpha value is -0.180. The van der Waals surface area contributed by atoms with Crippen LogP contribution in [0, 0.1) is 5.92 Å². The lowest BCUT2D eigenvalue weighted by Crippen LogP contribution is -2.26. The van der Waals surface area contributed by atoms with Crippen LogP contribution in [0.3, 0.4) is 0 Å². The number of benzene rings is 1. The van der Waals surface area contributed by atoms with Crippen LogP contribution in [0.2, 0.25) is 5.02 Å². The molecule has 0 radical (unpaired) electrons. The zero-order chi connectivity index (χ0) is 13.8. The summed E-state index contributed by atoms with van der Waals surface area (Å²) in [4.78, 5) is 0. The van der Waals surface area contributed by atoms with Crippen molar-refractivity contribution < 1.29 is 0 Å². The molecule has 1 aromatic carbocycles. The molecule has 1 fully saturated rings. The average Bonchev–Trinajstić information content (AvgIpc) is 2.37. The van der Waals surface area contributed by atoms with Crippen molar-refractivity contribution in [2.24, 2.45) is 11.7 Å². The molecule has 4 atom stereocenters. The summed E-state index contributed by atoms with van der Waals surface area (Å²) in [5.41, 5.74) is 7.41. The summed E-state index contributed by atoms with van der Waals surface area (Å²) in [5, 5.41) is 1.89. The molecule has 0 aliphatic heterocycles. The van der Waals surface area contributed by atoms with Gasteiger partial charge in [0, 0.05) is 21.6 Å².